The van der Waals surface area contributed by atoms with Gasteiger partial charge in [0.25, 0.3) is 0 Å². The highest BCUT2D eigenvalue weighted by Gasteiger charge is 2.11. The summed E-state index contributed by atoms with van der Waals surface area (Å²) in [5.41, 5.74) is 6.28. The number of halogens is 1. The lowest BCUT2D eigenvalue weighted by Gasteiger charge is -2.05. The van der Waals surface area contributed by atoms with E-state index in [4.69, 9.17) is 17.3 Å². The Labute approximate surface area is 98.5 Å². The summed E-state index contributed by atoms with van der Waals surface area (Å²) in [7, 11) is -3.33. The van der Waals surface area contributed by atoms with Crippen LogP contribution < -0.4 is 11.1 Å². The maximum absolute atomic E-state index is 11.3. The minimum atomic E-state index is -3.33. The summed E-state index contributed by atoms with van der Waals surface area (Å²) >= 11 is 5.74. The van der Waals surface area contributed by atoms with Crippen LogP contribution in [0.4, 0.5) is 11.4 Å². The van der Waals surface area contributed by atoms with Gasteiger partial charge in [-0.25, -0.2) is 8.42 Å². The Bertz CT molecular complexity index is 513. The highest BCUT2D eigenvalue weighted by atomic mass is 35.5. The van der Waals surface area contributed by atoms with E-state index >= 15 is 0 Å². The molecule has 88 valence electrons. The molecule has 0 aliphatic rings. The van der Waals surface area contributed by atoms with E-state index in [1.807, 2.05) is 0 Å². The van der Waals surface area contributed by atoms with Crippen LogP contribution in [-0.2, 0) is 14.6 Å². The largest absolute Gasteiger partial charge is 0.398 e. The molecule has 0 spiro atoms. The number of hydrogen-bond acceptors (Lipinski definition) is 4. The zero-order valence-electron chi connectivity index (χ0n) is 8.53. The molecule has 0 aromatic heterocycles. The maximum atomic E-state index is 11.3. The summed E-state index contributed by atoms with van der Waals surface area (Å²) in [6.45, 7) is 0. The Balaban J connectivity index is 2.74. The van der Waals surface area contributed by atoms with Gasteiger partial charge in [0.05, 0.1) is 10.7 Å². The zero-order chi connectivity index (χ0) is 12.3. The Morgan fingerprint density at radius 2 is 2.12 bits per heavy atom. The Morgan fingerprint density at radius 1 is 1.50 bits per heavy atom. The van der Waals surface area contributed by atoms with Gasteiger partial charge in [0, 0.05) is 11.9 Å². The molecule has 0 unspecified atom stereocenters. The summed E-state index contributed by atoms with van der Waals surface area (Å²) < 4.78 is 21.7. The van der Waals surface area contributed by atoms with Crippen LogP contribution >= 0.6 is 11.6 Å². The van der Waals surface area contributed by atoms with Crippen molar-refractivity contribution in [3.63, 3.8) is 0 Å². The second-order valence-corrected chi connectivity index (χ2v) is 5.90. The minimum absolute atomic E-state index is 0.303. The molecule has 1 amide bonds. The van der Waals surface area contributed by atoms with E-state index in [2.05, 4.69) is 5.32 Å². The molecule has 5 nitrogen and oxygen atoms in total. The van der Waals surface area contributed by atoms with Gasteiger partial charge < -0.3 is 11.1 Å². The summed E-state index contributed by atoms with van der Waals surface area (Å²) in [5, 5.41) is 2.71. The van der Waals surface area contributed by atoms with Gasteiger partial charge in [0.1, 0.15) is 5.75 Å². The lowest BCUT2D eigenvalue weighted by atomic mass is 10.3. The first-order valence-electron chi connectivity index (χ1n) is 4.30. The number of anilines is 2. The number of hydrogen-bond donors (Lipinski definition) is 2. The normalized spacial score (nSPS) is 11.1. The first-order valence-corrected chi connectivity index (χ1v) is 6.74. The van der Waals surface area contributed by atoms with Gasteiger partial charge in [-0.1, -0.05) is 11.6 Å². The van der Waals surface area contributed by atoms with Crippen molar-refractivity contribution in [3.8, 4) is 0 Å². The first kappa shape index (κ1) is 12.8. The van der Waals surface area contributed by atoms with E-state index in [0.29, 0.717) is 16.4 Å². The van der Waals surface area contributed by atoms with Crippen LogP contribution in [0, 0.1) is 0 Å². The highest BCUT2D eigenvalue weighted by Crippen LogP contribution is 2.22. The molecular formula is C9H11ClN2O3S. The number of carbonyl (C=O) groups is 1. The molecule has 1 rings (SSSR count). The third-order valence-electron chi connectivity index (χ3n) is 1.68. The quantitative estimate of drug-likeness (QED) is 0.792. The monoisotopic (exact) mass is 262 g/mol. The molecule has 0 fully saturated rings. The molecule has 0 saturated carbocycles. The third kappa shape index (κ3) is 4.08. The van der Waals surface area contributed by atoms with E-state index < -0.39 is 21.5 Å². The molecule has 0 aliphatic heterocycles. The fraction of sp³-hybridized carbons (Fsp3) is 0.222. The third-order valence-corrected chi connectivity index (χ3v) is 2.79. The average Bonchev–Trinajstić information content (AvgIpc) is 2.08. The molecule has 0 bridgehead atoms. The Morgan fingerprint density at radius 3 is 2.62 bits per heavy atom. The molecule has 0 saturated heterocycles. The van der Waals surface area contributed by atoms with E-state index in [1.165, 1.54) is 12.1 Å². The van der Waals surface area contributed by atoms with Crippen molar-refractivity contribution < 1.29 is 13.2 Å². The molecule has 0 radical (unpaired) electrons. The first-order chi connectivity index (χ1) is 7.28. The minimum Gasteiger partial charge on any atom is -0.398 e. The molecule has 0 heterocycles. The van der Waals surface area contributed by atoms with Gasteiger partial charge in [0.2, 0.25) is 5.91 Å². The SMILES string of the molecule is CS(=O)(=O)CC(=O)Nc1ccc(N)c(Cl)c1. The van der Waals surface area contributed by atoms with Gasteiger partial charge in [-0.2, -0.15) is 0 Å². The van der Waals surface area contributed by atoms with Gasteiger partial charge in [-0.3, -0.25) is 4.79 Å². The fourth-order valence-corrected chi connectivity index (χ4v) is 1.77. The van der Waals surface area contributed by atoms with E-state index in [9.17, 15) is 13.2 Å². The van der Waals surface area contributed by atoms with Crippen molar-refractivity contribution in [2.45, 2.75) is 0 Å². The van der Waals surface area contributed by atoms with Gasteiger partial charge in [0.15, 0.2) is 9.84 Å². The second kappa shape index (κ2) is 4.71. The lowest BCUT2D eigenvalue weighted by molar-refractivity contribution is -0.113. The summed E-state index contributed by atoms with van der Waals surface area (Å²) in [4.78, 5) is 11.3. The summed E-state index contributed by atoms with van der Waals surface area (Å²) in [5.74, 6) is -1.17. The van der Waals surface area contributed by atoms with E-state index in [-0.39, 0.29) is 0 Å². The number of carbonyl (C=O) groups excluding carboxylic acids is 1. The van der Waals surface area contributed by atoms with Crippen molar-refractivity contribution in [1.82, 2.24) is 0 Å². The van der Waals surface area contributed by atoms with E-state index in [0.717, 1.165) is 6.26 Å². The topological polar surface area (TPSA) is 89.3 Å². The van der Waals surface area contributed by atoms with Crippen LogP contribution in [0.25, 0.3) is 0 Å². The zero-order valence-corrected chi connectivity index (χ0v) is 10.1. The highest BCUT2D eigenvalue weighted by molar-refractivity contribution is 7.91. The van der Waals surface area contributed by atoms with Crippen molar-refractivity contribution in [1.29, 1.82) is 0 Å². The fourth-order valence-electron chi connectivity index (χ4n) is 1.04. The molecule has 1 aromatic carbocycles. The number of benzene rings is 1. The molecule has 16 heavy (non-hydrogen) atoms. The van der Waals surface area contributed by atoms with Crippen LogP contribution in [0.3, 0.4) is 0 Å². The van der Waals surface area contributed by atoms with E-state index in [1.54, 1.807) is 6.07 Å². The molecule has 3 N–H and O–H groups in total. The number of nitrogens with one attached hydrogen (secondary N) is 1. The average molecular weight is 263 g/mol. The standard InChI is InChI=1S/C9H11ClN2O3S/c1-16(14,15)5-9(13)12-6-2-3-8(11)7(10)4-6/h2-4H,5,11H2,1H3,(H,12,13). The van der Waals surface area contributed by atoms with Crippen LogP contribution in [0.1, 0.15) is 0 Å². The predicted octanol–water partition coefficient (Wildman–Crippen LogP) is 0.905. The summed E-state index contributed by atoms with van der Waals surface area (Å²) in [6, 6.07) is 4.52. The molecule has 0 atom stereocenters. The molecule has 0 aliphatic carbocycles. The van der Waals surface area contributed by atoms with Gasteiger partial charge >= 0.3 is 0 Å². The Kier molecular flexibility index (Phi) is 3.77. The Hall–Kier alpha value is -1.27. The van der Waals surface area contributed by atoms with Crippen LogP contribution in [0.2, 0.25) is 5.02 Å². The van der Waals surface area contributed by atoms with Crippen molar-refractivity contribution >= 4 is 38.7 Å². The second-order valence-electron chi connectivity index (χ2n) is 3.35. The molecule has 7 heteroatoms. The number of sulfone groups is 1. The van der Waals surface area contributed by atoms with Gasteiger partial charge in [-0.15, -0.1) is 0 Å². The number of nitrogens with two attached hydrogens (primary N) is 1. The molecule has 1 aromatic rings. The number of amides is 1. The van der Waals surface area contributed by atoms with Crippen LogP contribution in [-0.4, -0.2) is 26.3 Å². The smallest absolute Gasteiger partial charge is 0.239 e. The number of nitrogen functional groups attached to an aromatic ring is 1. The van der Waals surface area contributed by atoms with Crippen molar-refractivity contribution in [3.05, 3.63) is 23.2 Å². The van der Waals surface area contributed by atoms with Crippen molar-refractivity contribution in [2.75, 3.05) is 23.1 Å². The molecular weight excluding hydrogens is 252 g/mol. The number of rotatable bonds is 3. The lowest BCUT2D eigenvalue weighted by Crippen LogP contribution is -2.21. The summed E-state index contributed by atoms with van der Waals surface area (Å²) in [6.07, 6.45) is 0.989. The van der Waals surface area contributed by atoms with Crippen LogP contribution in [0.15, 0.2) is 18.2 Å². The predicted molar refractivity (Wildman–Crippen MR) is 64.2 cm³/mol. The van der Waals surface area contributed by atoms with Crippen LogP contribution in [0.5, 0.6) is 0 Å². The van der Waals surface area contributed by atoms with Crippen molar-refractivity contribution in [2.24, 2.45) is 0 Å². The van der Waals surface area contributed by atoms with Gasteiger partial charge in [-0.05, 0) is 18.2 Å². The maximum Gasteiger partial charge on any atom is 0.239 e.